The predicted molar refractivity (Wildman–Crippen MR) is 50.6 cm³/mol. The van der Waals surface area contributed by atoms with Crippen LogP contribution >= 0.6 is 0 Å². The maximum atomic E-state index is 9.07. The number of hydrogen-bond acceptors (Lipinski definition) is 1. The Hall–Kier alpha value is -0.770. The number of allylic oxidation sites excluding steroid dienone is 2. The summed E-state index contributed by atoms with van der Waals surface area (Å²) in [5, 5.41) is 9.07. The van der Waals surface area contributed by atoms with Crippen molar-refractivity contribution in [1.82, 2.24) is 0 Å². The number of nitriles is 1. The van der Waals surface area contributed by atoms with E-state index in [-0.39, 0.29) is 5.41 Å². The van der Waals surface area contributed by atoms with E-state index in [4.69, 9.17) is 5.26 Å². The molecule has 0 heterocycles. The minimum atomic E-state index is -0.0381. The van der Waals surface area contributed by atoms with Gasteiger partial charge >= 0.3 is 0 Å². The molecule has 0 aliphatic heterocycles. The summed E-state index contributed by atoms with van der Waals surface area (Å²) in [5.41, 5.74) is 2.89. The fraction of sp³-hybridized carbons (Fsp3) is 0.727. The van der Waals surface area contributed by atoms with Crippen LogP contribution in [0.15, 0.2) is 11.1 Å². The van der Waals surface area contributed by atoms with E-state index in [1.54, 1.807) is 0 Å². The molecule has 0 aromatic heterocycles. The predicted octanol–water partition coefficient (Wildman–Crippen LogP) is 3.43. The van der Waals surface area contributed by atoms with Crippen LogP contribution < -0.4 is 0 Å². The summed E-state index contributed by atoms with van der Waals surface area (Å²) in [6, 6.07) is 2.48. The molecule has 0 bridgehead atoms. The van der Waals surface area contributed by atoms with Gasteiger partial charge in [-0.25, -0.2) is 0 Å². The van der Waals surface area contributed by atoms with Gasteiger partial charge in [-0.1, -0.05) is 18.1 Å². The molecule has 66 valence electrons. The van der Waals surface area contributed by atoms with Crippen molar-refractivity contribution in [3.8, 4) is 6.07 Å². The van der Waals surface area contributed by atoms with Crippen molar-refractivity contribution in [3.63, 3.8) is 0 Å². The van der Waals surface area contributed by atoms with Gasteiger partial charge in [0, 0.05) is 0 Å². The third-order valence-electron chi connectivity index (χ3n) is 3.22. The first kappa shape index (κ1) is 9.32. The van der Waals surface area contributed by atoms with Crippen molar-refractivity contribution in [1.29, 1.82) is 5.26 Å². The fourth-order valence-corrected chi connectivity index (χ4v) is 1.86. The van der Waals surface area contributed by atoms with E-state index in [0.29, 0.717) is 0 Å². The quantitative estimate of drug-likeness (QED) is 0.543. The van der Waals surface area contributed by atoms with Gasteiger partial charge < -0.3 is 0 Å². The van der Waals surface area contributed by atoms with Crippen LogP contribution in [0.5, 0.6) is 0 Å². The Morgan fingerprint density at radius 2 is 2.08 bits per heavy atom. The fourth-order valence-electron chi connectivity index (χ4n) is 1.86. The lowest BCUT2D eigenvalue weighted by Gasteiger charge is -2.31. The molecular weight excluding hydrogens is 146 g/mol. The molecule has 0 aromatic rings. The summed E-state index contributed by atoms with van der Waals surface area (Å²) >= 11 is 0. The largest absolute Gasteiger partial charge is 0.198 e. The normalized spacial score (nSPS) is 30.2. The summed E-state index contributed by atoms with van der Waals surface area (Å²) in [6.45, 7) is 6.47. The van der Waals surface area contributed by atoms with Crippen LogP contribution in [0.3, 0.4) is 0 Å². The minimum absolute atomic E-state index is 0.0381. The first-order valence-corrected chi connectivity index (χ1v) is 4.70. The van der Waals surface area contributed by atoms with Gasteiger partial charge in [0.05, 0.1) is 11.5 Å². The SMILES string of the molecule is CC[C@@]1(C#N)CCC(C)=C(C)C1. The second kappa shape index (κ2) is 3.31. The van der Waals surface area contributed by atoms with Gasteiger partial charge in [0.2, 0.25) is 0 Å². The molecule has 0 N–H and O–H groups in total. The maximum absolute atomic E-state index is 9.07. The molecule has 0 unspecified atom stereocenters. The molecule has 0 amide bonds. The Labute approximate surface area is 75.1 Å². The van der Waals surface area contributed by atoms with Crippen LogP contribution in [0.4, 0.5) is 0 Å². The highest BCUT2D eigenvalue weighted by Crippen LogP contribution is 2.40. The molecule has 0 spiro atoms. The van der Waals surface area contributed by atoms with E-state index in [2.05, 4.69) is 26.8 Å². The van der Waals surface area contributed by atoms with Gasteiger partial charge in [-0.05, 0) is 39.5 Å². The zero-order valence-corrected chi connectivity index (χ0v) is 8.28. The molecule has 0 radical (unpaired) electrons. The lowest BCUT2D eigenvalue weighted by molar-refractivity contribution is 0.328. The topological polar surface area (TPSA) is 23.8 Å². The van der Waals surface area contributed by atoms with Crippen molar-refractivity contribution in [2.45, 2.75) is 46.5 Å². The Morgan fingerprint density at radius 3 is 2.50 bits per heavy atom. The van der Waals surface area contributed by atoms with Gasteiger partial charge in [0.25, 0.3) is 0 Å². The molecular formula is C11H17N. The zero-order chi connectivity index (χ0) is 9.19. The van der Waals surface area contributed by atoms with E-state index in [1.165, 1.54) is 11.1 Å². The summed E-state index contributed by atoms with van der Waals surface area (Å²) in [7, 11) is 0. The van der Waals surface area contributed by atoms with Crippen LogP contribution in [-0.2, 0) is 0 Å². The molecule has 1 aliphatic rings. The van der Waals surface area contributed by atoms with Crippen molar-refractivity contribution >= 4 is 0 Å². The number of nitrogens with zero attached hydrogens (tertiary/aromatic N) is 1. The van der Waals surface area contributed by atoms with Crippen molar-refractivity contribution in [2.24, 2.45) is 5.41 Å². The Balaban J connectivity index is 2.84. The molecule has 0 fully saturated rings. The minimum Gasteiger partial charge on any atom is -0.198 e. The van der Waals surface area contributed by atoms with E-state index in [0.717, 1.165) is 25.7 Å². The average molecular weight is 163 g/mol. The zero-order valence-electron chi connectivity index (χ0n) is 8.28. The van der Waals surface area contributed by atoms with Gasteiger partial charge in [-0.3, -0.25) is 0 Å². The number of rotatable bonds is 1. The Bertz CT molecular complexity index is 244. The van der Waals surface area contributed by atoms with Crippen LogP contribution in [0.25, 0.3) is 0 Å². The summed E-state index contributed by atoms with van der Waals surface area (Å²) in [5.74, 6) is 0. The average Bonchev–Trinajstić information content (AvgIpc) is 2.10. The third kappa shape index (κ3) is 1.53. The van der Waals surface area contributed by atoms with Crippen molar-refractivity contribution in [3.05, 3.63) is 11.1 Å². The first-order valence-electron chi connectivity index (χ1n) is 4.70. The molecule has 1 nitrogen and oxygen atoms in total. The summed E-state index contributed by atoms with van der Waals surface area (Å²) in [6.07, 6.45) is 4.16. The van der Waals surface area contributed by atoms with E-state index in [9.17, 15) is 0 Å². The van der Waals surface area contributed by atoms with Crippen LogP contribution in [-0.4, -0.2) is 0 Å². The molecule has 1 aliphatic carbocycles. The van der Waals surface area contributed by atoms with Gasteiger partial charge in [0.1, 0.15) is 0 Å². The molecule has 1 atom stereocenters. The second-order valence-electron chi connectivity index (χ2n) is 3.98. The summed E-state index contributed by atoms with van der Waals surface area (Å²) < 4.78 is 0. The third-order valence-corrected chi connectivity index (χ3v) is 3.22. The highest BCUT2D eigenvalue weighted by molar-refractivity contribution is 5.20. The lowest BCUT2D eigenvalue weighted by atomic mass is 9.71. The first-order chi connectivity index (χ1) is 5.63. The maximum Gasteiger partial charge on any atom is 0.0693 e. The van der Waals surface area contributed by atoms with Crippen LogP contribution in [0, 0.1) is 16.7 Å². The molecule has 12 heavy (non-hydrogen) atoms. The molecule has 0 aromatic carbocycles. The summed E-state index contributed by atoms with van der Waals surface area (Å²) in [4.78, 5) is 0. The lowest BCUT2D eigenvalue weighted by Crippen LogP contribution is -2.21. The highest BCUT2D eigenvalue weighted by Gasteiger charge is 2.31. The van der Waals surface area contributed by atoms with Crippen LogP contribution in [0.2, 0.25) is 0 Å². The van der Waals surface area contributed by atoms with Gasteiger partial charge in [-0.2, -0.15) is 5.26 Å². The van der Waals surface area contributed by atoms with Crippen molar-refractivity contribution < 1.29 is 0 Å². The monoisotopic (exact) mass is 163 g/mol. The Morgan fingerprint density at radius 1 is 1.42 bits per heavy atom. The van der Waals surface area contributed by atoms with E-state index >= 15 is 0 Å². The Kier molecular flexibility index (Phi) is 2.57. The van der Waals surface area contributed by atoms with Crippen LogP contribution in [0.1, 0.15) is 46.5 Å². The molecule has 1 rings (SSSR count). The standard InChI is InChI=1S/C11H17N/c1-4-11(8-12)6-5-9(2)10(3)7-11/h4-7H2,1-3H3/t11-/m1/s1. The smallest absolute Gasteiger partial charge is 0.0693 e. The van der Waals surface area contributed by atoms with E-state index < -0.39 is 0 Å². The van der Waals surface area contributed by atoms with Gasteiger partial charge in [0.15, 0.2) is 0 Å². The molecule has 1 heteroatoms. The second-order valence-corrected chi connectivity index (χ2v) is 3.98. The van der Waals surface area contributed by atoms with E-state index in [1.807, 2.05) is 0 Å². The molecule has 0 saturated carbocycles. The van der Waals surface area contributed by atoms with Gasteiger partial charge in [-0.15, -0.1) is 0 Å². The molecule has 0 saturated heterocycles. The number of hydrogen-bond donors (Lipinski definition) is 0. The highest BCUT2D eigenvalue weighted by atomic mass is 14.4. The van der Waals surface area contributed by atoms with Crippen molar-refractivity contribution in [2.75, 3.05) is 0 Å².